The number of halogens is 2. The van der Waals surface area contributed by atoms with Gasteiger partial charge in [0.25, 0.3) is 0 Å². The van der Waals surface area contributed by atoms with E-state index in [2.05, 4.69) is 15.0 Å². The summed E-state index contributed by atoms with van der Waals surface area (Å²) >= 11 is 12.2. The van der Waals surface area contributed by atoms with Crippen LogP contribution >= 0.6 is 23.2 Å². The quantitative estimate of drug-likeness (QED) is 0.483. The van der Waals surface area contributed by atoms with Crippen LogP contribution in [0, 0.1) is 0 Å². The van der Waals surface area contributed by atoms with E-state index in [9.17, 15) is 5.11 Å². The number of hydrogen-bond donors (Lipinski definition) is 1. The Bertz CT molecular complexity index is 1110. The number of rotatable bonds is 4. The van der Waals surface area contributed by atoms with Gasteiger partial charge in [-0.2, -0.15) is 0 Å². The van der Waals surface area contributed by atoms with Crippen LogP contribution in [-0.2, 0) is 11.2 Å². The maximum absolute atomic E-state index is 11.0. The zero-order valence-corrected chi connectivity index (χ0v) is 17.8. The molecule has 0 bridgehead atoms. The van der Waals surface area contributed by atoms with Gasteiger partial charge in [0.2, 0.25) is 0 Å². The monoisotopic (exact) mass is 446 g/mol. The number of aliphatic hydroxyl groups is 1. The van der Waals surface area contributed by atoms with Crippen LogP contribution in [0.5, 0.6) is 5.75 Å². The maximum Gasteiger partial charge on any atom is 0.138 e. The highest BCUT2D eigenvalue weighted by atomic mass is 35.5. The topological polar surface area (TPSA) is 80.6 Å². The molecule has 2 aliphatic rings. The van der Waals surface area contributed by atoms with E-state index in [0.717, 1.165) is 35.2 Å². The van der Waals surface area contributed by atoms with Crippen LogP contribution in [0.4, 0.5) is 5.82 Å². The minimum Gasteiger partial charge on any atom is -0.491 e. The Kier molecular flexibility index (Phi) is 4.94. The van der Waals surface area contributed by atoms with Crippen LogP contribution in [0.3, 0.4) is 0 Å². The number of pyridine rings is 1. The first-order chi connectivity index (χ1) is 14.4. The molecule has 2 aliphatic heterocycles. The molecule has 2 aromatic heterocycles. The summed E-state index contributed by atoms with van der Waals surface area (Å²) < 4.78 is 12.1. The maximum atomic E-state index is 11.0. The largest absolute Gasteiger partial charge is 0.491 e. The Labute approximate surface area is 183 Å². The number of ether oxygens (including phenoxy) is 2. The van der Waals surface area contributed by atoms with Gasteiger partial charge in [0.15, 0.2) is 0 Å². The molecule has 5 rings (SSSR count). The molecule has 30 heavy (non-hydrogen) atoms. The molecular weight excluding hydrogens is 427 g/mol. The molecule has 1 aromatic carbocycles. The molecule has 9 heteroatoms. The van der Waals surface area contributed by atoms with Crippen molar-refractivity contribution < 1.29 is 14.6 Å². The summed E-state index contributed by atoms with van der Waals surface area (Å²) in [6.45, 7) is 2.70. The summed E-state index contributed by atoms with van der Waals surface area (Å²) in [5.74, 6) is 1.42. The highest BCUT2D eigenvalue weighted by molar-refractivity contribution is 6.30. The van der Waals surface area contributed by atoms with Crippen LogP contribution in [0.2, 0.25) is 10.3 Å². The van der Waals surface area contributed by atoms with Crippen molar-refractivity contribution >= 4 is 39.9 Å². The number of nitrogens with zero attached hydrogens (tertiary/aromatic N) is 4. The minimum atomic E-state index is -1.04. The van der Waals surface area contributed by atoms with Crippen LogP contribution in [-0.4, -0.2) is 51.1 Å². The minimum absolute atomic E-state index is 0.209. The Morgan fingerprint density at radius 3 is 2.97 bits per heavy atom. The molecule has 0 aliphatic carbocycles. The fraction of sp³-hybridized carbons (Fsp3) is 0.381. The Morgan fingerprint density at radius 1 is 1.27 bits per heavy atom. The molecule has 0 radical (unpaired) electrons. The van der Waals surface area contributed by atoms with E-state index >= 15 is 0 Å². The van der Waals surface area contributed by atoms with Crippen molar-refractivity contribution in [2.24, 2.45) is 0 Å². The van der Waals surface area contributed by atoms with E-state index in [4.69, 9.17) is 32.7 Å². The highest BCUT2D eigenvalue weighted by Gasteiger charge is 2.47. The van der Waals surface area contributed by atoms with Crippen molar-refractivity contribution in [2.45, 2.75) is 37.7 Å². The second-order valence-electron chi connectivity index (χ2n) is 7.85. The molecule has 3 atom stereocenters. The lowest BCUT2D eigenvalue weighted by Crippen LogP contribution is -2.38. The van der Waals surface area contributed by atoms with Crippen molar-refractivity contribution in [3.8, 4) is 5.75 Å². The van der Waals surface area contributed by atoms with E-state index in [-0.39, 0.29) is 12.8 Å². The number of anilines is 1. The average Bonchev–Trinajstić information content (AvgIpc) is 3.27. The lowest BCUT2D eigenvalue weighted by Gasteiger charge is -2.25. The molecule has 3 aromatic rings. The van der Waals surface area contributed by atoms with Crippen molar-refractivity contribution in [1.82, 2.24) is 15.0 Å². The Morgan fingerprint density at radius 2 is 2.10 bits per heavy atom. The second-order valence-corrected chi connectivity index (χ2v) is 8.60. The number of hydrogen-bond acceptors (Lipinski definition) is 7. The summed E-state index contributed by atoms with van der Waals surface area (Å²) in [6.07, 6.45) is 1.85. The van der Waals surface area contributed by atoms with Crippen molar-refractivity contribution in [3.05, 3.63) is 52.5 Å². The predicted octanol–water partition coefficient (Wildman–Crippen LogP) is 3.64. The van der Waals surface area contributed by atoms with Gasteiger partial charge < -0.3 is 19.5 Å². The van der Waals surface area contributed by atoms with Crippen LogP contribution < -0.4 is 9.64 Å². The van der Waals surface area contributed by atoms with Gasteiger partial charge in [-0.1, -0.05) is 23.2 Å². The van der Waals surface area contributed by atoms with E-state index < -0.39 is 11.7 Å². The number of benzene rings is 1. The van der Waals surface area contributed by atoms with Crippen molar-refractivity contribution in [2.75, 3.05) is 18.1 Å². The Hall–Kier alpha value is -2.19. The predicted molar refractivity (Wildman–Crippen MR) is 114 cm³/mol. The highest BCUT2D eigenvalue weighted by Crippen LogP contribution is 2.38. The fourth-order valence-electron chi connectivity index (χ4n) is 4.07. The molecule has 1 saturated heterocycles. The lowest BCUT2D eigenvalue weighted by atomic mass is 9.98. The lowest BCUT2D eigenvalue weighted by molar-refractivity contribution is -0.0575. The van der Waals surface area contributed by atoms with Gasteiger partial charge in [0.1, 0.15) is 47.1 Å². The van der Waals surface area contributed by atoms with Gasteiger partial charge in [0.05, 0.1) is 11.1 Å². The summed E-state index contributed by atoms with van der Waals surface area (Å²) in [5, 5.41) is 12.8. The van der Waals surface area contributed by atoms with Crippen LogP contribution in [0.15, 0.2) is 36.7 Å². The third-order valence-electron chi connectivity index (χ3n) is 5.73. The second kappa shape index (κ2) is 7.50. The van der Waals surface area contributed by atoms with E-state index in [0.29, 0.717) is 22.5 Å². The fourth-order valence-corrected chi connectivity index (χ4v) is 4.45. The van der Waals surface area contributed by atoms with E-state index in [1.807, 2.05) is 29.2 Å². The number of fused-ring (bicyclic) bond motifs is 2. The van der Waals surface area contributed by atoms with Gasteiger partial charge in [-0.3, -0.25) is 0 Å². The average molecular weight is 447 g/mol. The third kappa shape index (κ3) is 3.56. The van der Waals surface area contributed by atoms with Gasteiger partial charge in [0, 0.05) is 30.0 Å². The first-order valence-corrected chi connectivity index (χ1v) is 10.5. The molecule has 0 saturated carbocycles. The first kappa shape index (κ1) is 19.8. The van der Waals surface area contributed by atoms with Crippen molar-refractivity contribution in [3.63, 3.8) is 0 Å². The van der Waals surface area contributed by atoms with Gasteiger partial charge in [-0.05, 0) is 37.6 Å². The van der Waals surface area contributed by atoms with E-state index in [1.165, 1.54) is 6.33 Å². The third-order valence-corrected chi connectivity index (χ3v) is 6.26. The summed E-state index contributed by atoms with van der Waals surface area (Å²) in [6, 6.07) is 9.29. The normalized spacial score (nSPS) is 25.7. The molecule has 1 N–H and O–H groups in total. The zero-order valence-electron chi connectivity index (χ0n) is 16.3. The molecule has 0 unspecified atom stereocenters. The van der Waals surface area contributed by atoms with Gasteiger partial charge >= 0.3 is 0 Å². The molecule has 0 spiro atoms. The Balaban J connectivity index is 1.30. The van der Waals surface area contributed by atoms with Crippen molar-refractivity contribution in [1.29, 1.82) is 0 Å². The van der Waals surface area contributed by atoms with Crippen LogP contribution in [0.1, 0.15) is 18.9 Å². The van der Waals surface area contributed by atoms with Gasteiger partial charge in [-0.25, -0.2) is 15.0 Å². The molecule has 156 valence electrons. The molecule has 7 nitrogen and oxygen atoms in total. The molecule has 0 amide bonds. The van der Waals surface area contributed by atoms with Crippen LogP contribution in [0.25, 0.3) is 10.9 Å². The summed E-state index contributed by atoms with van der Waals surface area (Å²) in [7, 11) is 0. The summed E-state index contributed by atoms with van der Waals surface area (Å²) in [5.41, 5.74) is 0.634. The SMILES string of the molecule is C[C@]1(O)C[C@H](N2CCc3c(Cl)ncnc32)O[C@@H]1COc1ccc2ccc(Cl)nc2c1. The molecule has 1 fully saturated rings. The molecule has 4 heterocycles. The summed E-state index contributed by atoms with van der Waals surface area (Å²) in [4.78, 5) is 14.8. The smallest absolute Gasteiger partial charge is 0.138 e. The zero-order chi connectivity index (χ0) is 20.9. The van der Waals surface area contributed by atoms with E-state index in [1.54, 1.807) is 13.0 Å². The first-order valence-electron chi connectivity index (χ1n) is 9.74. The van der Waals surface area contributed by atoms with Gasteiger partial charge in [-0.15, -0.1) is 0 Å². The number of aromatic nitrogens is 3. The molecular formula is C21H20Cl2N4O3. The standard InChI is InChI=1S/C21H20Cl2N4O3/c1-21(28)9-18(27-7-6-14-19(23)24-11-25-20(14)27)30-16(21)10-29-13-4-2-12-3-5-17(22)26-15(12)8-13/h2-5,8,11,16,18,28H,6-7,9-10H2,1H3/t16-,18-,21+/m1/s1.